The van der Waals surface area contributed by atoms with Crippen LogP contribution >= 0.6 is 0 Å². The highest BCUT2D eigenvalue weighted by atomic mass is 32.2. The Balaban J connectivity index is 1.76. The maximum atomic E-state index is 12.3. The molecule has 2 N–H and O–H groups in total. The number of carbonyl (C=O) groups is 1. The molecule has 7 heteroatoms. The van der Waals surface area contributed by atoms with Crippen molar-refractivity contribution < 1.29 is 17.9 Å². The van der Waals surface area contributed by atoms with Gasteiger partial charge in [0.15, 0.2) is 0 Å². The molecule has 0 fully saturated rings. The molecule has 1 aliphatic heterocycles. The van der Waals surface area contributed by atoms with E-state index < -0.39 is 10.0 Å². The molecule has 1 heterocycles. The van der Waals surface area contributed by atoms with Crippen LogP contribution in [0.4, 0.5) is 11.4 Å². The minimum atomic E-state index is -3.55. The van der Waals surface area contributed by atoms with Crippen LogP contribution in [0.5, 0.6) is 5.75 Å². The fraction of sp³-hybridized carbons (Fsp3) is 0.188. The van der Waals surface area contributed by atoms with E-state index in [0.717, 1.165) is 11.3 Å². The molecule has 1 amide bonds. The molecule has 0 unspecified atom stereocenters. The number of hydrogen-bond donors (Lipinski definition) is 2. The number of fused-ring (bicyclic) bond motifs is 1. The van der Waals surface area contributed by atoms with Gasteiger partial charge in [0.25, 0.3) is 0 Å². The molecule has 2 aromatic carbocycles. The molecular weight excluding hydrogens is 316 g/mol. The van der Waals surface area contributed by atoms with Crippen LogP contribution in [0.2, 0.25) is 0 Å². The lowest BCUT2D eigenvalue weighted by molar-refractivity contribution is -0.115. The molecule has 3 rings (SSSR count). The number of carbonyl (C=O) groups excluding carboxylic acids is 1. The molecule has 0 spiro atoms. The van der Waals surface area contributed by atoms with Gasteiger partial charge < -0.3 is 10.1 Å². The first kappa shape index (κ1) is 15.4. The van der Waals surface area contributed by atoms with E-state index in [-0.39, 0.29) is 18.1 Å². The number of hydrogen-bond acceptors (Lipinski definition) is 4. The Morgan fingerprint density at radius 3 is 2.83 bits per heavy atom. The highest BCUT2D eigenvalue weighted by molar-refractivity contribution is 7.91. The lowest BCUT2D eigenvalue weighted by Crippen LogP contribution is -2.15. The second-order valence-corrected chi connectivity index (χ2v) is 7.03. The number of rotatable bonds is 5. The molecule has 1 aliphatic rings. The normalized spacial score (nSPS) is 13.3. The Morgan fingerprint density at radius 1 is 1.22 bits per heavy atom. The van der Waals surface area contributed by atoms with Crippen molar-refractivity contribution in [1.82, 2.24) is 0 Å². The van der Waals surface area contributed by atoms with Crippen molar-refractivity contribution in [3.8, 4) is 5.75 Å². The average molecular weight is 332 g/mol. The van der Waals surface area contributed by atoms with E-state index in [1.165, 1.54) is 7.11 Å². The third-order valence-electron chi connectivity index (χ3n) is 3.49. The zero-order chi connectivity index (χ0) is 16.4. The lowest BCUT2D eigenvalue weighted by atomic mass is 10.1. The molecule has 6 nitrogen and oxygen atoms in total. The Kier molecular flexibility index (Phi) is 3.96. The van der Waals surface area contributed by atoms with Crippen LogP contribution in [0.15, 0.2) is 42.5 Å². The molecule has 2 aromatic rings. The molecule has 0 aromatic heterocycles. The van der Waals surface area contributed by atoms with Crippen LogP contribution < -0.4 is 14.8 Å². The van der Waals surface area contributed by atoms with Crippen LogP contribution in [0.3, 0.4) is 0 Å². The van der Waals surface area contributed by atoms with Gasteiger partial charge in [0.1, 0.15) is 5.75 Å². The predicted octanol–water partition coefficient (Wildman–Crippen LogP) is 2.13. The highest BCUT2D eigenvalue weighted by Crippen LogP contribution is 2.27. The molecule has 0 bridgehead atoms. The topological polar surface area (TPSA) is 84.5 Å². The Bertz CT molecular complexity index is 862. The third kappa shape index (κ3) is 3.62. The smallest absolute Gasteiger partial charge is 0.236 e. The Morgan fingerprint density at radius 2 is 2.04 bits per heavy atom. The summed E-state index contributed by atoms with van der Waals surface area (Å²) in [6.45, 7) is 0. The summed E-state index contributed by atoms with van der Waals surface area (Å²) in [6.07, 6.45) is 0.265. The van der Waals surface area contributed by atoms with E-state index in [1.54, 1.807) is 42.5 Å². The first-order valence-electron chi connectivity index (χ1n) is 7.01. The molecule has 0 radical (unpaired) electrons. The van der Waals surface area contributed by atoms with Crippen molar-refractivity contribution in [2.75, 3.05) is 17.1 Å². The van der Waals surface area contributed by atoms with Gasteiger partial charge in [0.2, 0.25) is 15.9 Å². The predicted molar refractivity (Wildman–Crippen MR) is 88.0 cm³/mol. The summed E-state index contributed by atoms with van der Waals surface area (Å²) >= 11 is 0. The molecule has 0 aliphatic carbocycles. The quantitative estimate of drug-likeness (QED) is 0.878. The Hall–Kier alpha value is -2.54. The van der Waals surface area contributed by atoms with Gasteiger partial charge in [-0.15, -0.1) is 0 Å². The van der Waals surface area contributed by atoms with E-state index in [9.17, 15) is 13.2 Å². The summed E-state index contributed by atoms with van der Waals surface area (Å²) in [4.78, 5) is 11.3. The number of amides is 1. The number of nitrogens with one attached hydrogen (secondary N) is 2. The standard InChI is InChI=1S/C16H16N2O4S/c1-22-14-4-2-3-11(7-14)10-23(20,21)18-13-5-6-15-12(8-13)9-16(19)17-15/h2-8,18H,9-10H2,1H3,(H,17,19). The largest absolute Gasteiger partial charge is 0.497 e. The van der Waals surface area contributed by atoms with Crippen molar-refractivity contribution in [2.24, 2.45) is 0 Å². The zero-order valence-corrected chi connectivity index (χ0v) is 13.3. The van der Waals surface area contributed by atoms with Crippen molar-refractivity contribution in [3.63, 3.8) is 0 Å². The van der Waals surface area contributed by atoms with Gasteiger partial charge in [-0.25, -0.2) is 8.42 Å². The van der Waals surface area contributed by atoms with E-state index >= 15 is 0 Å². The number of anilines is 2. The van der Waals surface area contributed by atoms with Gasteiger partial charge in [-0.3, -0.25) is 9.52 Å². The SMILES string of the molecule is COc1cccc(CS(=O)(=O)Nc2ccc3c(c2)CC(=O)N3)c1. The van der Waals surface area contributed by atoms with Gasteiger partial charge in [0.05, 0.1) is 19.3 Å². The van der Waals surface area contributed by atoms with Crippen molar-refractivity contribution in [3.05, 3.63) is 53.6 Å². The van der Waals surface area contributed by atoms with E-state index in [1.807, 2.05) is 0 Å². The van der Waals surface area contributed by atoms with Crippen LogP contribution in [-0.4, -0.2) is 21.4 Å². The number of ether oxygens (including phenoxy) is 1. The Labute approximate surface area is 134 Å². The van der Waals surface area contributed by atoms with Crippen molar-refractivity contribution in [2.45, 2.75) is 12.2 Å². The van der Waals surface area contributed by atoms with Gasteiger partial charge in [0, 0.05) is 11.4 Å². The summed E-state index contributed by atoms with van der Waals surface area (Å²) < 4.78 is 32.2. The van der Waals surface area contributed by atoms with Gasteiger partial charge in [-0.1, -0.05) is 12.1 Å². The summed E-state index contributed by atoms with van der Waals surface area (Å²) in [6, 6.07) is 11.9. The third-order valence-corrected chi connectivity index (χ3v) is 4.75. The van der Waals surface area contributed by atoms with E-state index in [0.29, 0.717) is 17.0 Å². The van der Waals surface area contributed by atoms with Gasteiger partial charge >= 0.3 is 0 Å². The van der Waals surface area contributed by atoms with Crippen LogP contribution in [-0.2, 0) is 27.0 Å². The van der Waals surface area contributed by atoms with Crippen molar-refractivity contribution in [1.29, 1.82) is 0 Å². The van der Waals surface area contributed by atoms with Gasteiger partial charge in [-0.2, -0.15) is 0 Å². The fourth-order valence-electron chi connectivity index (χ4n) is 2.49. The second kappa shape index (κ2) is 5.92. The number of sulfonamides is 1. The summed E-state index contributed by atoms with van der Waals surface area (Å²) in [5, 5.41) is 2.71. The maximum Gasteiger partial charge on any atom is 0.236 e. The second-order valence-electron chi connectivity index (χ2n) is 5.31. The monoisotopic (exact) mass is 332 g/mol. The minimum Gasteiger partial charge on any atom is -0.497 e. The average Bonchev–Trinajstić information content (AvgIpc) is 2.85. The van der Waals surface area contributed by atoms with Crippen LogP contribution in [0.25, 0.3) is 0 Å². The molecule has 0 atom stereocenters. The maximum absolute atomic E-state index is 12.3. The summed E-state index contributed by atoms with van der Waals surface area (Å²) in [5.41, 5.74) is 2.60. The van der Waals surface area contributed by atoms with E-state index in [4.69, 9.17) is 4.74 Å². The lowest BCUT2D eigenvalue weighted by Gasteiger charge is -2.10. The summed E-state index contributed by atoms with van der Waals surface area (Å²) in [7, 11) is -2.02. The van der Waals surface area contributed by atoms with E-state index in [2.05, 4.69) is 10.0 Å². The summed E-state index contributed by atoms with van der Waals surface area (Å²) in [5.74, 6) is 0.370. The molecule has 0 saturated carbocycles. The van der Waals surface area contributed by atoms with Crippen LogP contribution in [0, 0.1) is 0 Å². The minimum absolute atomic E-state index is 0.0867. The van der Waals surface area contributed by atoms with Gasteiger partial charge in [-0.05, 0) is 41.5 Å². The number of methoxy groups -OCH3 is 1. The van der Waals surface area contributed by atoms with Crippen LogP contribution in [0.1, 0.15) is 11.1 Å². The first-order valence-corrected chi connectivity index (χ1v) is 8.66. The highest BCUT2D eigenvalue weighted by Gasteiger charge is 2.19. The molecule has 23 heavy (non-hydrogen) atoms. The number of benzene rings is 2. The molecule has 0 saturated heterocycles. The fourth-order valence-corrected chi connectivity index (χ4v) is 3.67. The molecular formula is C16H16N2O4S. The van der Waals surface area contributed by atoms with Crippen molar-refractivity contribution >= 4 is 27.3 Å². The first-order chi connectivity index (χ1) is 10.9. The molecule has 120 valence electrons. The zero-order valence-electron chi connectivity index (χ0n) is 12.5.